The Balaban J connectivity index is 1.47. The van der Waals surface area contributed by atoms with Crippen LogP contribution in [-0.2, 0) is 0 Å². The molecular weight excluding hydrogens is 314 g/mol. The second-order valence-corrected chi connectivity index (χ2v) is 8.45. The number of amides is 1. The molecule has 2 bridgehead atoms. The molecular formula is C20H23N3O2. The molecule has 5 rings (SSSR count). The molecule has 1 aromatic heterocycles. The number of rotatable bonds is 1. The van der Waals surface area contributed by atoms with Gasteiger partial charge in [-0.2, -0.15) is 0 Å². The quantitative estimate of drug-likeness (QED) is 0.870. The monoisotopic (exact) mass is 337 g/mol. The number of likely N-dealkylation sites (tertiary alicyclic amines) is 1. The molecule has 4 atom stereocenters. The first-order valence-electron chi connectivity index (χ1n) is 9.26. The van der Waals surface area contributed by atoms with E-state index < -0.39 is 0 Å². The summed E-state index contributed by atoms with van der Waals surface area (Å²) in [5, 5.41) is 0.533. The van der Waals surface area contributed by atoms with Crippen LogP contribution in [0.1, 0.15) is 42.4 Å². The first kappa shape index (κ1) is 15.1. The van der Waals surface area contributed by atoms with Gasteiger partial charge in [0.2, 0.25) is 0 Å². The van der Waals surface area contributed by atoms with E-state index in [0.29, 0.717) is 33.6 Å². The normalized spacial score (nSPS) is 33.2. The van der Waals surface area contributed by atoms with Crippen molar-refractivity contribution in [2.45, 2.75) is 33.1 Å². The SMILES string of the molecule is Cc1nc2cc(C(=O)N3C[C@@H]4[C@@H]5CC[C@@H](C5)[C@]4(C)C3)ccc2c(=O)[nH]1. The van der Waals surface area contributed by atoms with Gasteiger partial charge in [0.1, 0.15) is 5.82 Å². The van der Waals surface area contributed by atoms with Gasteiger partial charge in [-0.3, -0.25) is 9.59 Å². The van der Waals surface area contributed by atoms with Crippen molar-refractivity contribution in [3.05, 3.63) is 39.9 Å². The van der Waals surface area contributed by atoms with Crippen molar-refractivity contribution in [3.63, 3.8) is 0 Å². The van der Waals surface area contributed by atoms with Crippen molar-refractivity contribution in [3.8, 4) is 0 Å². The van der Waals surface area contributed by atoms with Crippen LogP contribution >= 0.6 is 0 Å². The molecule has 1 aliphatic heterocycles. The summed E-state index contributed by atoms with van der Waals surface area (Å²) in [6, 6.07) is 5.25. The highest BCUT2D eigenvalue weighted by Crippen LogP contribution is 2.62. The van der Waals surface area contributed by atoms with E-state index in [4.69, 9.17) is 0 Å². The van der Waals surface area contributed by atoms with Gasteiger partial charge in [0.05, 0.1) is 10.9 Å². The number of fused-ring (bicyclic) bond motifs is 6. The lowest BCUT2D eigenvalue weighted by molar-refractivity contribution is 0.0760. The Morgan fingerprint density at radius 1 is 1.36 bits per heavy atom. The van der Waals surface area contributed by atoms with E-state index in [-0.39, 0.29) is 11.5 Å². The highest BCUT2D eigenvalue weighted by Gasteiger charge is 2.59. The summed E-state index contributed by atoms with van der Waals surface area (Å²) < 4.78 is 0. The Morgan fingerprint density at radius 2 is 2.20 bits per heavy atom. The van der Waals surface area contributed by atoms with Crippen LogP contribution in [0.5, 0.6) is 0 Å². The zero-order valence-corrected chi connectivity index (χ0v) is 14.7. The van der Waals surface area contributed by atoms with Crippen LogP contribution < -0.4 is 5.56 Å². The topological polar surface area (TPSA) is 66.1 Å². The van der Waals surface area contributed by atoms with Gasteiger partial charge in [0, 0.05) is 18.7 Å². The number of aromatic amines is 1. The van der Waals surface area contributed by atoms with Crippen LogP contribution in [0.2, 0.25) is 0 Å². The molecule has 3 fully saturated rings. The van der Waals surface area contributed by atoms with E-state index >= 15 is 0 Å². The van der Waals surface area contributed by atoms with Gasteiger partial charge in [0.15, 0.2) is 0 Å². The first-order chi connectivity index (χ1) is 12.0. The molecule has 5 heteroatoms. The maximum absolute atomic E-state index is 13.1. The third-order valence-corrected chi connectivity index (χ3v) is 7.13. The van der Waals surface area contributed by atoms with Crippen molar-refractivity contribution in [1.29, 1.82) is 0 Å². The number of carbonyl (C=O) groups excluding carboxylic acids is 1. The van der Waals surface area contributed by atoms with Crippen molar-refractivity contribution in [2.75, 3.05) is 13.1 Å². The predicted octanol–water partition coefficient (Wildman–Crippen LogP) is 2.74. The van der Waals surface area contributed by atoms with Gasteiger partial charge < -0.3 is 9.88 Å². The summed E-state index contributed by atoms with van der Waals surface area (Å²) in [6.45, 7) is 5.90. The molecule has 5 nitrogen and oxygen atoms in total. The second-order valence-electron chi connectivity index (χ2n) is 8.45. The van der Waals surface area contributed by atoms with Crippen LogP contribution in [0.25, 0.3) is 10.9 Å². The van der Waals surface area contributed by atoms with Crippen LogP contribution in [-0.4, -0.2) is 33.9 Å². The number of nitrogens with one attached hydrogen (secondary N) is 1. The Kier molecular flexibility index (Phi) is 2.98. The lowest BCUT2D eigenvalue weighted by atomic mass is 9.70. The van der Waals surface area contributed by atoms with Crippen LogP contribution in [0.3, 0.4) is 0 Å². The maximum atomic E-state index is 13.1. The molecule has 2 aromatic rings. The molecule has 130 valence electrons. The molecule has 1 aromatic carbocycles. The number of aryl methyl sites for hydroxylation is 1. The number of carbonyl (C=O) groups is 1. The highest BCUT2D eigenvalue weighted by atomic mass is 16.2. The molecule has 0 radical (unpaired) electrons. The van der Waals surface area contributed by atoms with Crippen LogP contribution in [0.15, 0.2) is 23.0 Å². The van der Waals surface area contributed by atoms with Crippen molar-refractivity contribution in [1.82, 2.24) is 14.9 Å². The first-order valence-corrected chi connectivity index (χ1v) is 9.26. The Morgan fingerprint density at radius 3 is 3.00 bits per heavy atom. The molecule has 2 aliphatic carbocycles. The number of hydrogen-bond donors (Lipinski definition) is 1. The van der Waals surface area contributed by atoms with E-state index in [0.717, 1.165) is 24.9 Å². The lowest BCUT2D eigenvalue weighted by Gasteiger charge is -2.34. The molecule has 1 amide bonds. The van der Waals surface area contributed by atoms with Crippen LogP contribution in [0, 0.1) is 30.1 Å². The average Bonchev–Trinajstić information content (AvgIpc) is 3.24. The van der Waals surface area contributed by atoms with Crippen molar-refractivity contribution < 1.29 is 4.79 Å². The minimum Gasteiger partial charge on any atom is -0.338 e. The van der Waals surface area contributed by atoms with E-state index in [1.165, 1.54) is 19.3 Å². The third-order valence-electron chi connectivity index (χ3n) is 7.13. The Labute approximate surface area is 146 Å². The van der Waals surface area contributed by atoms with E-state index in [9.17, 15) is 9.59 Å². The fourth-order valence-electron chi connectivity index (χ4n) is 5.87. The standard InChI is InChI=1S/C20H23N3O2/c1-11-21-17-8-13(4-6-15(17)18(24)22-11)19(25)23-9-16-12-3-5-14(7-12)20(16,2)10-23/h4,6,8,12,14,16H,3,5,7,9-10H2,1-2H3,(H,21,22,24)/t12-,14+,16-,20+/m1/s1. The average molecular weight is 337 g/mol. The molecule has 0 unspecified atom stereocenters. The number of aromatic nitrogens is 2. The van der Waals surface area contributed by atoms with Gasteiger partial charge in [-0.15, -0.1) is 0 Å². The van der Waals surface area contributed by atoms with Gasteiger partial charge in [-0.25, -0.2) is 4.98 Å². The lowest BCUT2D eigenvalue weighted by Crippen LogP contribution is -2.34. The minimum absolute atomic E-state index is 0.0802. The smallest absolute Gasteiger partial charge is 0.258 e. The van der Waals surface area contributed by atoms with E-state index in [1.807, 2.05) is 4.90 Å². The van der Waals surface area contributed by atoms with Crippen molar-refractivity contribution in [2.24, 2.45) is 23.2 Å². The van der Waals surface area contributed by atoms with Crippen molar-refractivity contribution >= 4 is 16.8 Å². The van der Waals surface area contributed by atoms with Gasteiger partial charge >= 0.3 is 0 Å². The van der Waals surface area contributed by atoms with E-state index in [2.05, 4.69) is 16.9 Å². The van der Waals surface area contributed by atoms with E-state index in [1.54, 1.807) is 25.1 Å². The zero-order chi connectivity index (χ0) is 17.3. The summed E-state index contributed by atoms with van der Waals surface area (Å²) in [7, 11) is 0. The summed E-state index contributed by atoms with van der Waals surface area (Å²) in [5.41, 5.74) is 1.39. The molecule has 2 heterocycles. The second kappa shape index (κ2) is 4.93. The highest BCUT2D eigenvalue weighted by molar-refractivity contribution is 5.97. The number of H-pyrrole nitrogens is 1. The fraction of sp³-hybridized carbons (Fsp3) is 0.550. The fourth-order valence-corrected chi connectivity index (χ4v) is 5.87. The molecule has 25 heavy (non-hydrogen) atoms. The van der Waals surface area contributed by atoms with Gasteiger partial charge in [-0.05, 0) is 67.6 Å². The van der Waals surface area contributed by atoms with Gasteiger partial charge in [0.25, 0.3) is 11.5 Å². The van der Waals surface area contributed by atoms with Crippen LogP contribution in [0.4, 0.5) is 0 Å². The maximum Gasteiger partial charge on any atom is 0.258 e. The van der Waals surface area contributed by atoms with Gasteiger partial charge in [-0.1, -0.05) is 6.92 Å². The molecule has 2 saturated carbocycles. The summed E-state index contributed by atoms with van der Waals surface area (Å²) in [5.74, 6) is 2.92. The molecule has 3 aliphatic rings. The molecule has 0 spiro atoms. The summed E-state index contributed by atoms with van der Waals surface area (Å²) in [4.78, 5) is 34.2. The summed E-state index contributed by atoms with van der Waals surface area (Å²) in [6.07, 6.45) is 4.04. The predicted molar refractivity (Wildman–Crippen MR) is 95.4 cm³/mol. The zero-order valence-electron chi connectivity index (χ0n) is 14.7. The summed E-state index contributed by atoms with van der Waals surface area (Å²) >= 11 is 0. The number of nitrogens with zero attached hydrogens (tertiary/aromatic N) is 2. The minimum atomic E-state index is -0.152. The third kappa shape index (κ3) is 2.04. The number of benzene rings is 1. The molecule has 1 N–H and O–H groups in total. The number of hydrogen-bond acceptors (Lipinski definition) is 3. The largest absolute Gasteiger partial charge is 0.338 e. The Hall–Kier alpha value is -2.17. The Bertz CT molecular complexity index is 950. The molecule has 1 saturated heterocycles.